The molecule has 0 aliphatic carbocycles. The average molecular weight is 183 g/mol. The van der Waals surface area contributed by atoms with Crippen molar-refractivity contribution < 1.29 is 27.3 Å². The molecule has 0 aromatic carbocycles. The monoisotopic (exact) mass is 183 g/mol. The van der Waals surface area contributed by atoms with Crippen molar-refractivity contribution in [1.82, 2.24) is 0 Å². The molecule has 3 nitrogen and oxygen atoms in total. The van der Waals surface area contributed by atoms with E-state index in [1.54, 1.807) is 0 Å². The first-order chi connectivity index (χ1) is 4.04. The molecule has 60 valence electrons. The van der Waals surface area contributed by atoms with Crippen molar-refractivity contribution in [2.75, 3.05) is 0 Å². The first-order valence-electron chi connectivity index (χ1n) is 3.02. The third kappa shape index (κ3) is 6.09. The van der Waals surface area contributed by atoms with Crippen LogP contribution in [0, 0.1) is 5.92 Å². The van der Waals surface area contributed by atoms with Crippen molar-refractivity contribution in [3.63, 3.8) is 0 Å². The topological polar surface area (TPSA) is 63.3 Å². The van der Waals surface area contributed by atoms with E-state index in [4.69, 9.17) is 10.8 Å². The zero-order valence-electron chi connectivity index (χ0n) is 6.20. The van der Waals surface area contributed by atoms with Crippen LogP contribution in [0.1, 0.15) is 20.3 Å². The number of rotatable bonds is 3. The quantitative estimate of drug-likeness (QED) is 0.667. The molecule has 0 aliphatic rings. The molecule has 0 aliphatic heterocycles. The Balaban J connectivity index is 0. The third-order valence-corrected chi connectivity index (χ3v) is 1.04. The van der Waals surface area contributed by atoms with Gasteiger partial charge in [-0.3, -0.25) is 4.79 Å². The van der Waals surface area contributed by atoms with Gasteiger partial charge in [0.25, 0.3) is 0 Å². The van der Waals surface area contributed by atoms with Crippen molar-refractivity contribution >= 4 is 5.97 Å². The fraction of sp³-hybridized carbons (Fsp3) is 0.833. The maximum Gasteiger partial charge on any atom is 0.320 e. The van der Waals surface area contributed by atoms with E-state index in [-0.39, 0.29) is 17.4 Å². The second-order valence-corrected chi connectivity index (χ2v) is 2.57. The Labute approximate surface area is 71.7 Å². The summed E-state index contributed by atoms with van der Waals surface area (Å²) in [5, 5.41) is 8.31. The van der Waals surface area contributed by atoms with E-state index in [2.05, 4.69) is 0 Å². The second-order valence-electron chi connectivity index (χ2n) is 2.57. The molecule has 0 spiro atoms. The van der Waals surface area contributed by atoms with Crippen LogP contribution in [0.3, 0.4) is 0 Å². The number of aliphatic carboxylic acids is 1. The van der Waals surface area contributed by atoms with E-state index in [1.807, 2.05) is 13.8 Å². The molecule has 0 radical (unpaired) electrons. The first-order valence-corrected chi connectivity index (χ1v) is 3.02. The van der Waals surface area contributed by atoms with Gasteiger partial charge in [0.15, 0.2) is 0 Å². The molecule has 3 N–H and O–H groups in total. The van der Waals surface area contributed by atoms with Gasteiger partial charge in [0.1, 0.15) is 6.04 Å². The minimum atomic E-state index is -0.913. The largest absolute Gasteiger partial charge is 0.480 e. The molecule has 0 aromatic rings. The van der Waals surface area contributed by atoms with Crippen LogP contribution >= 0.6 is 0 Å². The van der Waals surface area contributed by atoms with Crippen molar-refractivity contribution in [2.45, 2.75) is 26.3 Å². The van der Waals surface area contributed by atoms with Gasteiger partial charge in [0.05, 0.1) is 0 Å². The number of nitrogens with two attached hydrogens (primary N) is 1. The molecule has 1 atom stereocenters. The van der Waals surface area contributed by atoms with Gasteiger partial charge in [-0.25, -0.2) is 0 Å². The minimum absolute atomic E-state index is 0. The van der Waals surface area contributed by atoms with Gasteiger partial charge < -0.3 is 10.8 Å². The van der Waals surface area contributed by atoms with Crippen molar-refractivity contribution in [3.05, 3.63) is 0 Å². The zero-order valence-corrected chi connectivity index (χ0v) is 7.48. The molecule has 0 bridgehead atoms. The Kier molecular flexibility index (Phi) is 7.23. The average Bonchev–Trinajstić information content (AvgIpc) is 1.63. The molecular formula is C6H13CrNO2. The predicted molar refractivity (Wildman–Crippen MR) is 35.1 cm³/mol. The van der Waals surface area contributed by atoms with Crippen LogP contribution in [0.5, 0.6) is 0 Å². The second kappa shape index (κ2) is 5.73. The molecule has 0 aromatic heterocycles. The summed E-state index contributed by atoms with van der Waals surface area (Å²) in [6, 6.07) is -0.690. The number of hydrogen-bond acceptors (Lipinski definition) is 2. The Bertz CT molecular complexity index is 106. The molecule has 0 fully saturated rings. The molecule has 0 amide bonds. The normalized spacial score (nSPS) is 12.4. The smallest absolute Gasteiger partial charge is 0.320 e. The number of hydrogen-bond donors (Lipinski definition) is 2. The van der Waals surface area contributed by atoms with Gasteiger partial charge in [-0.1, -0.05) is 13.8 Å². The summed E-state index contributed by atoms with van der Waals surface area (Å²) >= 11 is 0. The Morgan fingerprint density at radius 3 is 2.10 bits per heavy atom. The SMILES string of the molecule is CC(C)C[C@H](N)C(=O)O.[Cr]. The van der Waals surface area contributed by atoms with Crippen molar-refractivity contribution in [1.29, 1.82) is 0 Å². The van der Waals surface area contributed by atoms with Gasteiger partial charge in [0.2, 0.25) is 0 Å². The number of carboxylic acid groups (broad SMARTS) is 1. The fourth-order valence-corrected chi connectivity index (χ4v) is 0.609. The Hall–Kier alpha value is -0.0375. The molecule has 10 heavy (non-hydrogen) atoms. The van der Waals surface area contributed by atoms with Gasteiger partial charge >= 0.3 is 5.97 Å². The minimum Gasteiger partial charge on any atom is -0.480 e. The van der Waals surface area contributed by atoms with E-state index in [1.165, 1.54) is 0 Å². The van der Waals surface area contributed by atoms with Crippen LogP contribution in [0.2, 0.25) is 0 Å². The number of carbonyl (C=O) groups is 1. The van der Waals surface area contributed by atoms with Crippen LogP contribution in [-0.4, -0.2) is 17.1 Å². The van der Waals surface area contributed by atoms with Crippen LogP contribution in [0.4, 0.5) is 0 Å². The molecule has 0 saturated heterocycles. The molecule has 4 heteroatoms. The van der Waals surface area contributed by atoms with Crippen LogP contribution < -0.4 is 5.73 Å². The summed E-state index contributed by atoms with van der Waals surface area (Å²) in [6.07, 6.45) is 0.551. The van der Waals surface area contributed by atoms with E-state index < -0.39 is 12.0 Å². The summed E-state index contributed by atoms with van der Waals surface area (Å²) < 4.78 is 0. The van der Waals surface area contributed by atoms with E-state index in [0.717, 1.165) is 0 Å². The fourth-order valence-electron chi connectivity index (χ4n) is 0.609. The van der Waals surface area contributed by atoms with E-state index in [9.17, 15) is 4.79 Å². The standard InChI is InChI=1S/C6H13NO2.Cr/c1-4(2)3-5(7)6(8)9;/h4-5H,3,7H2,1-2H3,(H,8,9);/t5-;/m0./s1. The maximum atomic E-state index is 10.1. The maximum absolute atomic E-state index is 10.1. The molecule has 0 heterocycles. The van der Waals surface area contributed by atoms with Crippen LogP contribution in [0.15, 0.2) is 0 Å². The van der Waals surface area contributed by atoms with Crippen molar-refractivity contribution in [3.8, 4) is 0 Å². The summed E-state index contributed by atoms with van der Waals surface area (Å²) in [7, 11) is 0. The van der Waals surface area contributed by atoms with Gasteiger partial charge in [-0.15, -0.1) is 0 Å². The predicted octanol–water partition coefficient (Wildman–Crippen LogP) is 0.442. The van der Waals surface area contributed by atoms with E-state index in [0.29, 0.717) is 12.3 Å². The number of carboxylic acids is 1. The van der Waals surface area contributed by atoms with E-state index >= 15 is 0 Å². The molecule has 0 saturated carbocycles. The molecule has 0 rings (SSSR count). The van der Waals surface area contributed by atoms with Crippen LogP contribution in [-0.2, 0) is 22.2 Å². The molecular weight excluding hydrogens is 170 g/mol. The van der Waals surface area contributed by atoms with Gasteiger partial charge in [0, 0.05) is 17.4 Å². The zero-order chi connectivity index (χ0) is 7.44. The Morgan fingerprint density at radius 2 is 2.00 bits per heavy atom. The first kappa shape index (κ1) is 12.6. The summed E-state index contributed by atoms with van der Waals surface area (Å²) in [4.78, 5) is 10.1. The Morgan fingerprint density at radius 1 is 1.60 bits per heavy atom. The summed E-state index contributed by atoms with van der Waals surface area (Å²) in [5.41, 5.74) is 5.22. The third-order valence-electron chi connectivity index (χ3n) is 1.04. The molecule has 0 unspecified atom stereocenters. The summed E-state index contributed by atoms with van der Waals surface area (Å²) in [5.74, 6) is -0.556. The van der Waals surface area contributed by atoms with Gasteiger partial charge in [-0.05, 0) is 12.3 Å². The summed E-state index contributed by atoms with van der Waals surface area (Å²) in [6.45, 7) is 3.89. The van der Waals surface area contributed by atoms with Crippen molar-refractivity contribution in [2.24, 2.45) is 11.7 Å². The van der Waals surface area contributed by atoms with Gasteiger partial charge in [-0.2, -0.15) is 0 Å². The van der Waals surface area contributed by atoms with Crippen LogP contribution in [0.25, 0.3) is 0 Å².